The van der Waals surface area contributed by atoms with Crippen molar-refractivity contribution in [3.63, 3.8) is 0 Å². The van der Waals surface area contributed by atoms with Gasteiger partial charge in [-0.25, -0.2) is 14.5 Å². The van der Waals surface area contributed by atoms with Gasteiger partial charge in [-0.1, -0.05) is 16.6 Å². The molecule has 3 aromatic rings. The smallest absolute Gasteiger partial charge is 0.354 e. The number of esters is 1. The summed E-state index contributed by atoms with van der Waals surface area (Å²) < 4.78 is 6.50. The Bertz CT molecular complexity index is 850. The molecule has 0 amide bonds. The number of ether oxygens (including phenoxy) is 1. The first-order valence-electron chi connectivity index (χ1n) is 7.05. The third-order valence-electron chi connectivity index (χ3n) is 3.20. The van der Waals surface area contributed by atoms with Gasteiger partial charge in [0.1, 0.15) is 26.7 Å². The molecule has 3 heterocycles. The molecule has 0 aliphatic rings. The van der Waals surface area contributed by atoms with E-state index >= 15 is 0 Å². The first-order chi connectivity index (χ1) is 10.9. The lowest BCUT2D eigenvalue weighted by atomic mass is 10.1. The van der Waals surface area contributed by atoms with Crippen LogP contribution in [0.3, 0.4) is 0 Å². The van der Waals surface area contributed by atoms with Gasteiger partial charge in [-0.2, -0.15) is 0 Å². The number of nitrogens with zero attached hydrogens (tertiary/aromatic N) is 4. The molecule has 120 valence electrons. The molecule has 1 N–H and O–H groups in total. The molecule has 0 fully saturated rings. The van der Waals surface area contributed by atoms with Crippen LogP contribution in [0.15, 0.2) is 12.3 Å². The Morgan fingerprint density at radius 2 is 2.17 bits per heavy atom. The number of aromatic amines is 1. The molecule has 23 heavy (non-hydrogen) atoms. The number of carbonyl (C=O) groups excluding carboxylic acids is 1. The van der Waals surface area contributed by atoms with Crippen LogP contribution >= 0.6 is 11.3 Å². The minimum Gasteiger partial charge on any atom is -0.464 e. The topological polar surface area (TPSA) is 85.7 Å². The predicted molar refractivity (Wildman–Crippen MR) is 89.3 cm³/mol. The molecule has 0 aromatic carbocycles. The van der Waals surface area contributed by atoms with Gasteiger partial charge in [0.2, 0.25) is 0 Å². The fourth-order valence-electron chi connectivity index (χ4n) is 1.96. The highest BCUT2D eigenvalue weighted by Gasteiger charge is 2.15. The summed E-state index contributed by atoms with van der Waals surface area (Å²) >= 11 is 1.46. The summed E-state index contributed by atoms with van der Waals surface area (Å²) in [4.78, 5) is 19.8. The lowest BCUT2D eigenvalue weighted by Gasteiger charge is -2.17. The van der Waals surface area contributed by atoms with Gasteiger partial charge < -0.3 is 9.72 Å². The minimum absolute atomic E-state index is 0.0968. The average Bonchev–Trinajstić information content (AvgIpc) is 3.17. The lowest BCUT2D eigenvalue weighted by Crippen LogP contribution is -2.22. The van der Waals surface area contributed by atoms with Gasteiger partial charge in [0.25, 0.3) is 0 Å². The highest BCUT2D eigenvalue weighted by atomic mass is 32.1. The monoisotopic (exact) mass is 331 g/mol. The van der Waals surface area contributed by atoms with Gasteiger partial charge in [-0.3, -0.25) is 0 Å². The van der Waals surface area contributed by atoms with E-state index in [-0.39, 0.29) is 5.54 Å². The number of fused-ring (bicyclic) bond motifs is 1. The third kappa shape index (κ3) is 3.16. The minimum atomic E-state index is -0.397. The van der Waals surface area contributed by atoms with Crippen LogP contribution in [-0.4, -0.2) is 38.0 Å². The Morgan fingerprint density at radius 3 is 2.78 bits per heavy atom. The molecule has 0 bridgehead atoms. The number of thiazole rings is 1. The molecule has 0 aliphatic heterocycles. The van der Waals surface area contributed by atoms with Gasteiger partial charge in [0.15, 0.2) is 0 Å². The molecular weight excluding hydrogens is 314 g/mol. The maximum Gasteiger partial charge on any atom is 0.354 e. The molecule has 0 aliphatic carbocycles. The van der Waals surface area contributed by atoms with Crippen LogP contribution in [0.1, 0.15) is 42.0 Å². The summed E-state index contributed by atoms with van der Waals surface area (Å²) in [5.74, 6) is -0.397. The van der Waals surface area contributed by atoms with E-state index in [0.717, 1.165) is 21.0 Å². The van der Waals surface area contributed by atoms with E-state index in [2.05, 4.69) is 45.8 Å². The number of rotatable bonds is 3. The molecular formula is C15H17N5O2S. The Balaban J connectivity index is 1.80. The average molecular weight is 331 g/mol. The van der Waals surface area contributed by atoms with E-state index < -0.39 is 5.97 Å². The SMILES string of the molecule is COC(=O)c1cc2nc(/C=C/c3cn(C(C)(C)C)nn3)sc2[nH]1. The van der Waals surface area contributed by atoms with E-state index in [0.29, 0.717) is 5.69 Å². The van der Waals surface area contributed by atoms with Crippen LogP contribution in [0.4, 0.5) is 0 Å². The van der Waals surface area contributed by atoms with Crippen molar-refractivity contribution in [2.45, 2.75) is 26.3 Å². The van der Waals surface area contributed by atoms with Crippen LogP contribution in [0, 0.1) is 0 Å². The molecule has 8 heteroatoms. The molecule has 0 spiro atoms. The maximum absolute atomic E-state index is 11.5. The maximum atomic E-state index is 11.5. The molecule has 3 aromatic heterocycles. The molecule has 0 unspecified atom stereocenters. The van der Waals surface area contributed by atoms with Crippen molar-refractivity contribution in [3.05, 3.63) is 28.7 Å². The second-order valence-corrected chi connectivity index (χ2v) is 7.06. The van der Waals surface area contributed by atoms with E-state index in [1.165, 1.54) is 18.4 Å². The second-order valence-electron chi connectivity index (χ2n) is 6.03. The van der Waals surface area contributed by atoms with E-state index in [1.807, 2.05) is 23.0 Å². The quantitative estimate of drug-likeness (QED) is 0.746. The molecule has 7 nitrogen and oxygen atoms in total. The Labute approximate surface area is 137 Å². The summed E-state index contributed by atoms with van der Waals surface area (Å²) in [5, 5.41) is 9.06. The highest BCUT2D eigenvalue weighted by molar-refractivity contribution is 7.19. The zero-order valence-electron chi connectivity index (χ0n) is 13.3. The number of hydrogen-bond acceptors (Lipinski definition) is 6. The summed E-state index contributed by atoms with van der Waals surface area (Å²) in [7, 11) is 1.35. The summed E-state index contributed by atoms with van der Waals surface area (Å²) in [5.41, 5.74) is 1.83. The van der Waals surface area contributed by atoms with Gasteiger partial charge in [-0.05, 0) is 39.0 Å². The molecule has 0 saturated heterocycles. The molecule has 0 atom stereocenters. The van der Waals surface area contributed by atoms with Crippen LogP contribution in [-0.2, 0) is 10.3 Å². The van der Waals surface area contributed by atoms with E-state index in [1.54, 1.807) is 6.07 Å². The van der Waals surface area contributed by atoms with Crippen LogP contribution in [0.25, 0.3) is 22.5 Å². The standard InChI is InChI=1S/C15H17N5O2S/c1-15(2,3)20-8-9(18-19-20)5-6-12-16-10-7-11(14(21)22-4)17-13(10)23-12/h5-8,17H,1-4H3/b6-5+. The zero-order chi connectivity index (χ0) is 16.6. The van der Waals surface area contributed by atoms with Gasteiger partial charge in [0, 0.05) is 0 Å². The lowest BCUT2D eigenvalue weighted by molar-refractivity contribution is 0.0595. The van der Waals surface area contributed by atoms with Crippen molar-refractivity contribution in [2.24, 2.45) is 0 Å². The summed E-state index contributed by atoms with van der Waals surface area (Å²) in [6, 6.07) is 1.69. The largest absolute Gasteiger partial charge is 0.464 e. The second kappa shape index (κ2) is 5.62. The number of aromatic nitrogens is 5. The predicted octanol–water partition coefficient (Wildman–Crippen LogP) is 2.93. The Hall–Kier alpha value is -2.48. The summed E-state index contributed by atoms with van der Waals surface area (Å²) in [6.45, 7) is 6.20. The van der Waals surface area contributed by atoms with Crippen molar-refractivity contribution in [1.82, 2.24) is 25.0 Å². The fraction of sp³-hybridized carbons (Fsp3) is 0.333. The molecule has 3 rings (SSSR count). The normalized spacial score (nSPS) is 12.3. The Morgan fingerprint density at radius 1 is 1.39 bits per heavy atom. The fourth-order valence-corrected chi connectivity index (χ4v) is 2.82. The molecule has 0 radical (unpaired) electrons. The number of carbonyl (C=O) groups is 1. The van der Waals surface area contributed by atoms with Crippen molar-refractivity contribution in [3.8, 4) is 0 Å². The number of hydrogen-bond donors (Lipinski definition) is 1. The number of nitrogens with one attached hydrogen (secondary N) is 1. The van der Waals surface area contributed by atoms with Crippen LogP contribution < -0.4 is 0 Å². The van der Waals surface area contributed by atoms with Crippen molar-refractivity contribution in [1.29, 1.82) is 0 Å². The Kier molecular flexibility index (Phi) is 3.77. The van der Waals surface area contributed by atoms with Gasteiger partial charge in [-0.15, -0.1) is 5.10 Å². The zero-order valence-corrected chi connectivity index (χ0v) is 14.1. The third-order valence-corrected chi connectivity index (χ3v) is 4.15. The number of H-pyrrole nitrogens is 1. The van der Waals surface area contributed by atoms with Crippen molar-refractivity contribution in [2.75, 3.05) is 7.11 Å². The highest BCUT2D eigenvalue weighted by Crippen LogP contribution is 2.24. The van der Waals surface area contributed by atoms with Crippen molar-refractivity contribution < 1.29 is 9.53 Å². The van der Waals surface area contributed by atoms with Gasteiger partial charge >= 0.3 is 5.97 Å². The van der Waals surface area contributed by atoms with E-state index in [4.69, 9.17) is 0 Å². The van der Waals surface area contributed by atoms with E-state index in [9.17, 15) is 4.79 Å². The van der Waals surface area contributed by atoms with Crippen molar-refractivity contribution >= 4 is 39.8 Å². The molecule has 0 saturated carbocycles. The summed E-state index contributed by atoms with van der Waals surface area (Å²) in [6.07, 6.45) is 5.65. The van der Waals surface area contributed by atoms with Crippen LogP contribution in [0.2, 0.25) is 0 Å². The van der Waals surface area contributed by atoms with Gasteiger partial charge in [0.05, 0.1) is 18.8 Å². The first kappa shape index (κ1) is 15.4. The first-order valence-corrected chi connectivity index (χ1v) is 7.87. The number of methoxy groups -OCH3 is 1. The van der Waals surface area contributed by atoms with Crippen LogP contribution in [0.5, 0.6) is 0 Å².